The highest BCUT2D eigenvalue weighted by Crippen LogP contribution is 2.59. The molecule has 1 spiro atoms. The van der Waals surface area contributed by atoms with Gasteiger partial charge >= 0.3 is 0 Å². The first-order valence-electron chi connectivity index (χ1n) is 11.0. The molecule has 0 bridgehead atoms. The Morgan fingerprint density at radius 2 is 1.97 bits per heavy atom. The summed E-state index contributed by atoms with van der Waals surface area (Å²) >= 11 is 0. The van der Waals surface area contributed by atoms with E-state index in [0.717, 1.165) is 12.5 Å². The highest BCUT2D eigenvalue weighted by atomic mass is 15.1. The summed E-state index contributed by atoms with van der Waals surface area (Å²) in [6.07, 6.45) is 11.4. The van der Waals surface area contributed by atoms with Gasteiger partial charge in [-0.05, 0) is 75.1 Å². The summed E-state index contributed by atoms with van der Waals surface area (Å²) in [6.45, 7) is 10.9. The first kappa shape index (κ1) is 23.3. The monoisotopic (exact) mass is 400 g/mol. The van der Waals surface area contributed by atoms with Crippen molar-refractivity contribution in [2.75, 3.05) is 33.2 Å². The van der Waals surface area contributed by atoms with E-state index in [0.29, 0.717) is 34.2 Å². The molecule has 1 aliphatic heterocycles. The Hall–Kier alpha value is -1.95. The van der Waals surface area contributed by atoms with Crippen LogP contribution in [0.5, 0.6) is 0 Å². The van der Waals surface area contributed by atoms with Gasteiger partial charge in [0.05, 0.1) is 5.71 Å². The van der Waals surface area contributed by atoms with Gasteiger partial charge in [-0.3, -0.25) is 9.98 Å². The molecule has 0 aromatic carbocycles. The lowest BCUT2D eigenvalue weighted by atomic mass is 9.90. The molecular formula is C23H40N6. The van der Waals surface area contributed by atoms with Gasteiger partial charge in [0, 0.05) is 37.6 Å². The lowest BCUT2D eigenvalue weighted by molar-refractivity contribution is 0.144. The average molecular weight is 401 g/mol. The molecule has 6 heteroatoms. The number of amidine groups is 1. The summed E-state index contributed by atoms with van der Waals surface area (Å²) in [4.78, 5) is 11.2. The maximum atomic E-state index is 8.12. The van der Waals surface area contributed by atoms with E-state index in [2.05, 4.69) is 28.7 Å². The van der Waals surface area contributed by atoms with Gasteiger partial charge in [0.15, 0.2) is 0 Å². The quantitative estimate of drug-likeness (QED) is 0.387. The van der Waals surface area contributed by atoms with Gasteiger partial charge in [-0.15, -0.1) is 0 Å². The van der Waals surface area contributed by atoms with Crippen molar-refractivity contribution in [2.45, 2.75) is 52.9 Å². The molecule has 162 valence electrons. The summed E-state index contributed by atoms with van der Waals surface area (Å²) in [5.74, 6) is 1.95. The molecule has 2 fully saturated rings. The van der Waals surface area contributed by atoms with Gasteiger partial charge in [-0.1, -0.05) is 20.3 Å². The lowest BCUT2D eigenvalue weighted by Crippen LogP contribution is -2.38. The Kier molecular flexibility index (Phi) is 8.62. The number of likely N-dealkylation sites (tertiary alicyclic amines) is 1. The molecule has 2 aliphatic rings. The third-order valence-electron chi connectivity index (χ3n) is 6.45. The van der Waals surface area contributed by atoms with E-state index in [1.54, 1.807) is 32.3 Å². The number of aliphatic imine (C=N–C) groups is 2. The SMILES string of the molecule is CCCC(C)CN1CCC2(CC1)CC2CN=C(N)/C=C\C(=N)C(C=NC)=C(C)N. The van der Waals surface area contributed by atoms with Crippen LogP contribution in [-0.4, -0.2) is 55.9 Å². The number of piperidine rings is 1. The number of allylic oxidation sites excluding steroid dienone is 3. The van der Waals surface area contributed by atoms with E-state index in [-0.39, 0.29) is 0 Å². The number of hydrogen-bond acceptors (Lipinski definition) is 5. The van der Waals surface area contributed by atoms with Crippen LogP contribution in [0.3, 0.4) is 0 Å². The molecule has 0 aromatic heterocycles. The van der Waals surface area contributed by atoms with Gasteiger partial charge in [0.1, 0.15) is 5.84 Å². The zero-order valence-corrected chi connectivity index (χ0v) is 18.7. The third kappa shape index (κ3) is 6.81. The summed E-state index contributed by atoms with van der Waals surface area (Å²) in [5, 5.41) is 8.12. The van der Waals surface area contributed by atoms with Crippen molar-refractivity contribution >= 4 is 17.8 Å². The zero-order valence-electron chi connectivity index (χ0n) is 18.7. The van der Waals surface area contributed by atoms with Crippen LogP contribution in [0.25, 0.3) is 0 Å². The molecule has 1 heterocycles. The van der Waals surface area contributed by atoms with E-state index in [1.165, 1.54) is 51.7 Å². The van der Waals surface area contributed by atoms with Crippen molar-refractivity contribution in [3.05, 3.63) is 23.4 Å². The number of nitrogens with one attached hydrogen (secondary N) is 1. The minimum atomic E-state index is 0.293. The van der Waals surface area contributed by atoms with Crippen LogP contribution in [-0.2, 0) is 0 Å². The molecule has 1 saturated carbocycles. The van der Waals surface area contributed by atoms with Gasteiger partial charge in [0.2, 0.25) is 0 Å². The predicted octanol–water partition coefficient (Wildman–Crippen LogP) is 3.39. The van der Waals surface area contributed by atoms with Gasteiger partial charge in [0.25, 0.3) is 0 Å². The molecular weight excluding hydrogens is 360 g/mol. The van der Waals surface area contributed by atoms with Crippen LogP contribution >= 0.6 is 0 Å². The maximum absolute atomic E-state index is 8.12. The zero-order chi connectivity index (χ0) is 21.4. The lowest BCUT2D eigenvalue weighted by Gasteiger charge is -2.34. The fourth-order valence-corrected chi connectivity index (χ4v) is 4.55. The van der Waals surface area contributed by atoms with Crippen LogP contribution in [0.4, 0.5) is 0 Å². The van der Waals surface area contributed by atoms with Gasteiger partial charge in [-0.2, -0.15) is 0 Å². The predicted molar refractivity (Wildman–Crippen MR) is 125 cm³/mol. The molecule has 29 heavy (non-hydrogen) atoms. The van der Waals surface area contributed by atoms with E-state index < -0.39 is 0 Å². The fraction of sp³-hybridized carbons (Fsp3) is 0.696. The van der Waals surface area contributed by atoms with Crippen LogP contribution in [0.15, 0.2) is 33.4 Å². The summed E-state index contributed by atoms with van der Waals surface area (Å²) in [7, 11) is 1.66. The first-order chi connectivity index (χ1) is 13.8. The minimum absolute atomic E-state index is 0.293. The molecule has 6 nitrogen and oxygen atoms in total. The van der Waals surface area contributed by atoms with Gasteiger partial charge < -0.3 is 21.8 Å². The van der Waals surface area contributed by atoms with Crippen molar-refractivity contribution < 1.29 is 0 Å². The van der Waals surface area contributed by atoms with Crippen LogP contribution in [0.1, 0.15) is 52.9 Å². The number of nitrogens with zero attached hydrogens (tertiary/aromatic N) is 3. The molecule has 2 atom stereocenters. The number of rotatable bonds is 10. The Bertz CT molecular complexity index is 675. The Labute approximate surface area is 176 Å². The fourth-order valence-electron chi connectivity index (χ4n) is 4.55. The van der Waals surface area contributed by atoms with E-state index in [9.17, 15) is 0 Å². The van der Waals surface area contributed by atoms with Crippen molar-refractivity contribution in [1.82, 2.24) is 4.90 Å². The van der Waals surface area contributed by atoms with Crippen molar-refractivity contribution in [1.29, 1.82) is 5.41 Å². The molecule has 1 saturated heterocycles. The Morgan fingerprint density at radius 3 is 2.55 bits per heavy atom. The standard InChI is InChI=1S/C23H40N6/c1-5-6-17(2)16-29-11-9-23(10-12-29)13-19(23)14-28-22(26)8-7-21(25)20(15-27-4)18(3)24/h7-8,15,17,19,25H,5-6,9-14,16,24H2,1-4H3,(H2,26,28)/b8-7-,20-18?,25-21?,27-15?. The second-order valence-electron chi connectivity index (χ2n) is 8.95. The van der Waals surface area contributed by atoms with E-state index in [1.807, 2.05) is 0 Å². The highest BCUT2D eigenvalue weighted by molar-refractivity contribution is 6.21. The van der Waals surface area contributed by atoms with Crippen LogP contribution in [0.2, 0.25) is 0 Å². The van der Waals surface area contributed by atoms with Crippen LogP contribution < -0.4 is 11.5 Å². The smallest absolute Gasteiger partial charge is 0.118 e. The highest BCUT2D eigenvalue weighted by Gasteiger charge is 2.54. The maximum Gasteiger partial charge on any atom is 0.118 e. The Morgan fingerprint density at radius 1 is 1.28 bits per heavy atom. The molecule has 0 amide bonds. The number of nitrogens with two attached hydrogens (primary N) is 2. The Balaban J connectivity index is 1.79. The van der Waals surface area contributed by atoms with Crippen molar-refractivity contribution in [2.24, 2.45) is 38.7 Å². The molecule has 2 unspecified atom stereocenters. The minimum Gasteiger partial charge on any atom is -0.402 e. The number of hydrogen-bond donors (Lipinski definition) is 3. The second kappa shape index (κ2) is 10.7. The van der Waals surface area contributed by atoms with E-state index >= 15 is 0 Å². The molecule has 0 aromatic rings. The second-order valence-corrected chi connectivity index (χ2v) is 8.95. The van der Waals surface area contributed by atoms with Crippen molar-refractivity contribution in [3.8, 4) is 0 Å². The molecule has 5 N–H and O–H groups in total. The average Bonchev–Trinajstić information content (AvgIpc) is 3.36. The summed E-state index contributed by atoms with van der Waals surface area (Å²) < 4.78 is 0. The largest absolute Gasteiger partial charge is 0.402 e. The van der Waals surface area contributed by atoms with Gasteiger partial charge in [-0.25, -0.2) is 0 Å². The molecule has 0 radical (unpaired) electrons. The third-order valence-corrected chi connectivity index (χ3v) is 6.45. The van der Waals surface area contributed by atoms with Crippen LogP contribution in [0, 0.1) is 22.7 Å². The van der Waals surface area contributed by atoms with E-state index in [4.69, 9.17) is 16.9 Å². The molecule has 1 aliphatic carbocycles. The van der Waals surface area contributed by atoms with Crippen molar-refractivity contribution in [3.63, 3.8) is 0 Å². The summed E-state index contributed by atoms with van der Waals surface area (Å²) in [5.41, 5.74) is 13.8. The molecule has 2 rings (SSSR count). The first-order valence-corrected chi connectivity index (χ1v) is 11.0. The normalized spacial score (nSPS) is 24.3. The summed E-state index contributed by atoms with van der Waals surface area (Å²) in [6, 6.07) is 0. The topological polar surface area (TPSA) is 104 Å².